The van der Waals surface area contributed by atoms with Crippen LogP contribution >= 0.6 is 11.6 Å². The van der Waals surface area contributed by atoms with E-state index >= 15 is 0 Å². The standard InChI is InChI=1S/C18H19ClN4O/c1-11-10-20-7-8-23(11)18-22-15-9-13(19)12(2)16(17(15)24-18)14-5-3-4-6-21-14/h3-6,9,11,20H,7-8,10H2,1-2H3/t11-/m0/s1. The first-order valence-corrected chi connectivity index (χ1v) is 8.51. The van der Waals surface area contributed by atoms with Crippen LogP contribution in [0.2, 0.25) is 5.02 Å². The number of benzene rings is 1. The van der Waals surface area contributed by atoms with Gasteiger partial charge in [0.2, 0.25) is 0 Å². The molecule has 6 heteroatoms. The number of oxazole rings is 1. The zero-order chi connectivity index (χ0) is 16.7. The van der Waals surface area contributed by atoms with Gasteiger partial charge in [-0.05, 0) is 37.6 Å². The zero-order valence-corrected chi connectivity index (χ0v) is 14.5. The van der Waals surface area contributed by atoms with Crippen molar-refractivity contribution < 1.29 is 4.42 Å². The van der Waals surface area contributed by atoms with Crippen molar-refractivity contribution in [1.29, 1.82) is 0 Å². The minimum atomic E-state index is 0.335. The molecule has 1 aliphatic rings. The van der Waals surface area contributed by atoms with Crippen molar-refractivity contribution in [3.63, 3.8) is 0 Å². The highest BCUT2D eigenvalue weighted by Gasteiger charge is 2.25. The van der Waals surface area contributed by atoms with Gasteiger partial charge in [-0.1, -0.05) is 17.7 Å². The summed E-state index contributed by atoms with van der Waals surface area (Å²) in [5.41, 5.74) is 4.24. The Labute approximate surface area is 145 Å². The number of nitrogens with zero attached hydrogens (tertiary/aromatic N) is 3. The summed E-state index contributed by atoms with van der Waals surface area (Å²) >= 11 is 6.43. The Hall–Kier alpha value is -2.11. The fourth-order valence-corrected chi connectivity index (χ4v) is 3.38. The maximum absolute atomic E-state index is 6.43. The highest BCUT2D eigenvalue weighted by Crippen LogP contribution is 2.37. The number of nitrogens with one attached hydrogen (secondary N) is 1. The number of piperazine rings is 1. The van der Waals surface area contributed by atoms with Crippen LogP contribution in [0.1, 0.15) is 12.5 Å². The van der Waals surface area contributed by atoms with Crippen LogP contribution in [0.25, 0.3) is 22.4 Å². The molecule has 0 spiro atoms. The smallest absolute Gasteiger partial charge is 0.298 e. The Bertz CT molecular complexity index is 878. The van der Waals surface area contributed by atoms with Crippen molar-refractivity contribution in [2.45, 2.75) is 19.9 Å². The lowest BCUT2D eigenvalue weighted by Crippen LogP contribution is -2.50. The lowest BCUT2D eigenvalue weighted by Gasteiger charge is -2.32. The minimum absolute atomic E-state index is 0.335. The molecule has 1 N–H and O–H groups in total. The summed E-state index contributed by atoms with van der Waals surface area (Å²) in [6, 6.07) is 8.69. The second-order valence-corrected chi connectivity index (χ2v) is 6.57. The highest BCUT2D eigenvalue weighted by atomic mass is 35.5. The van der Waals surface area contributed by atoms with Crippen molar-refractivity contribution >= 4 is 28.7 Å². The van der Waals surface area contributed by atoms with Gasteiger partial charge < -0.3 is 14.6 Å². The van der Waals surface area contributed by atoms with E-state index in [1.807, 2.05) is 31.2 Å². The third kappa shape index (κ3) is 2.54. The van der Waals surface area contributed by atoms with E-state index in [2.05, 4.69) is 22.1 Å². The predicted molar refractivity (Wildman–Crippen MR) is 96.7 cm³/mol. The van der Waals surface area contributed by atoms with Gasteiger partial charge in [0.15, 0.2) is 5.58 Å². The molecule has 1 saturated heterocycles. The minimum Gasteiger partial charge on any atom is -0.423 e. The number of hydrogen-bond donors (Lipinski definition) is 1. The molecule has 5 nitrogen and oxygen atoms in total. The molecule has 3 heterocycles. The molecule has 0 bridgehead atoms. The monoisotopic (exact) mass is 342 g/mol. The summed E-state index contributed by atoms with van der Waals surface area (Å²) in [7, 11) is 0. The van der Waals surface area contributed by atoms with Crippen LogP contribution in [-0.2, 0) is 0 Å². The van der Waals surface area contributed by atoms with E-state index in [1.54, 1.807) is 6.20 Å². The molecule has 3 aromatic rings. The zero-order valence-electron chi connectivity index (χ0n) is 13.7. The lowest BCUT2D eigenvalue weighted by atomic mass is 10.0. The molecule has 1 fully saturated rings. The number of rotatable bonds is 2. The van der Waals surface area contributed by atoms with Crippen molar-refractivity contribution in [3.8, 4) is 11.3 Å². The Morgan fingerprint density at radius 3 is 3.00 bits per heavy atom. The Morgan fingerprint density at radius 1 is 1.38 bits per heavy atom. The Balaban J connectivity index is 1.90. The second kappa shape index (κ2) is 6.07. The molecular formula is C18H19ClN4O. The van der Waals surface area contributed by atoms with Crippen LogP contribution in [0.3, 0.4) is 0 Å². The summed E-state index contributed by atoms with van der Waals surface area (Å²) < 4.78 is 6.19. The van der Waals surface area contributed by atoms with E-state index in [1.165, 1.54) is 0 Å². The van der Waals surface area contributed by atoms with Gasteiger partial charge in [-0.3, -0.25) is 4.98 Å². The largest absolute Gasteiger partial charge is 0.423 e. The molecule has 24 heavy (non-hydrogen) atoms. The first-order chi connectivity index (χ1) is 11.6. The van der Waals surface area contributed by atoms with Gasteiger partial charge in [-0.25, -0.2) is 0 Å². The Morgan fingerprint density at radius 2 is 2.25 bits per heavy atom. The lowest BCUT2D eigenvalue weighted by molar-refractivity contribution is 0.456. The first kappa shape index (κ1) is 15.4. The molecule has 0 aliphatic carbocycles. The summed E-state index contributed by atoms with van der Waals surface area (Å²) in [6.45, 7) is 6.88. The summed E-state index contributed by atoms with van der Waals surface area (Å²) in [5.74, 6) is 0. The molecule has 1 atom stereocenters. The van der Waals surface area contributed by atoms with E-state index in [-0.39, 0.29) is 0 Å². The number of hydrogen-bond acceptors (Lipinski definition) is 5. The van der Waals surface area contributed by atoms with Gasteiger partial charge in [-0.2, -0.15) is 4.98 Å². The van der Waals surface area contributed by atoms with Crippen LogP contribution in [0.15, 0.2) is 34.9 Å². The first-order valence-electron chi connectivity index (χ1n) is 8.13. The van der Waals surface area contributed by atoms with E-state index in [0.717, 1.165) is 47.6 Å². The van der Waals surface area contributed by atoms with E-state index < -0.39 is 0 Å². The van der Waals surface area contributed by atoms with Crippen LogP contribution in [0.4, 0.5) is 6.01 Å². The molecular weight excluding hydrogens is 324 g/mol. The number of anilines is 1. The fourth-order valence-electron chi connectivity index (χ4n) is 3.18. The number of halogens is 1. The molecule has 1 aliphatic heterocycles. The van der Waals surface area contributed by atoms with Gasteiger partial charge in [0.1, 0.15) is 5.52 Å². The predicted octanol–water partition coefficient (Wildman–Crippen LogP) is 3.65. The third-order valence-electron chi connectivity index (χ3n) is 4.53. The van der Waals surface area contributed by atoms with Crippen molar-refractivity contribution in [2.75, 3.05) is 24.5 Å². The molecule has 2 aromatic heterocycles. The van der Waals surface area contributed by atoms with Crippen LogP contribution in [0, 0.1) is 6.92 Å². The molecule has 0 radical (unpaired) electrons. The van der Waals surface area contributed by atoms with Gasteiger partial charge >= 0.3 is 0 Å². The summed E-state index contributed by atoms with van der Waals surface area (Å²) in [4.78, 5) is 11.4. The third-order valence-corrected chi connectivity index (χ3v) is 4.93. The maximum atomic E-state index is 6.43. The summed E-state index contributed by atoms with van der Waals surface area (Å²) in [5, 5.41) is 4.06. The molecule has 124 valence electrons. The average molecular weight is 343 g/mol. The van der Waals surface area contributed by atoms with Crippen LogP contribution < -0.4 is 10.2 Å². The number of fused-ring (bicyclic) bond motifs is 1. The van der Waals surface area contributed by atoms with Gasteiger partial charge in [0.25, 0.3) is 6.01 Å². The number of pyridine rings is 1. The molecule has 0 amide bonds. The fraction of sp³-hybridized carbons (Fsp3) is 0.333. The maximum Gasteiger partial charge on any atom is 0.298 e. The van der Waals surface area contributed by atoms with Gasteiger partial charge in [0.05, 0.1) is 5.69 Å². The van der Waals surface area contributed by atoms with Crippen molar-refractivity contribution in [1.82, 2.24) is 15.3 Å². The van der Waals surface area contributed by atoms with Crippen molar-refractivity contribution in [3.05, 3.63) is 41.0 Å². The van der Waals surface area contributed by atoms with E-state index in [4.69, 9.17) is 21.0 Å². The molecule has 4 rings (SSSR count). The quantitative estimate of drug-likeness (QED) is 0.770. The van der Waals surface area contributed by atoms with Crippen LogP contribution in [-0.4, -0.2) is 35.6 Å². The molecule has 1 aromatic carbocycles. The van der Waals surface area contributed by atoms with Crippen LogP contribution in [0.5, 0.6) is 0 Å². The van der Waals surface area contributed by atoms with Gasteiger partial charge in [0, 0.05) is 42.5 Å². The SMILES string of the molecule is Cc1c(Cl)cc2nc(N3CCNC[C@@H]3C)oc2c1-c1ccccn1. The van der Waals surface area contributed by atoms with Gasteiger partial charge in [-0.15, -0.1) is 0 Å². The molecule has 0 saturated carbocycles. The number of aromatic nitrogens is 2. The topological polar surface area (TPSA) is 54.2 Å². The summed E-state index contributed by atoms with van der Waals surface area (Å²) in [6.07, 6.45) is 1.77. The van der Waals surface area contributed by atoms with E-state index in [0.29, 0.717) is 17.1 Å². The normalized spacial score (nSPS) is 18.3. The highest BCUT2D eigenvalue weighted by molar-refractivity contribution is 6.32. The second-order valence-electron chi connectivity index (χ2n) is 6.16. The molecule has 0 unspecified atom stereocenters. The Kier molecular flexibility index (Phi) is 3.90. The van der Waals surface area contributed by atoms with E-state index in [9.17, 15) is 0 Å². The average Bonchev–Trinajstić information content (AvgIpc) is 3.00. The van der Waals surface area contributed by atoms with Crippen molar-refractivity contribution in [2.24, 2.45) is 0 Å².